The highest BCUT2D eigenvalue weighted by atomic mass is 16.5. The van der Waals surface area contributed by atoms with E-state index in [0.717, 1.165) is 13.1 Å². The summed E-state index contributed by atoms with van der Waals surface area (Å²) in [7, 11) is 0. The van der Waals surface area contributed by atoms with Gasteiger partial charge in [0.2, 0.25) is 0 Å². The maximum atomic E-state index is 10.6. The van der Waals surface area contributed by atoms with E-state index >= 15 is 0 Å². The normalized spacial score (nSPS) is 35.4. The van der Waals surface area contributed by atoms with E-state index in [2.05, 4.69) is 4.90 Å². The van der Waals surface area contributed by atoms with Crippen LogP contribution in [0.1, 0.15) is 19.3 Å². The molecular formula is C9H15NO3. The van der Waals surface area contributed by atoms with Gasteiger partial charge in [-0.15, -0.1) is 0 Å². The second-order valence-corrected chi connectivity index (χ2v) is 3.79. The van der Waals surface area contributed by atoms with Crippen LogP contribution in [0.5, 0.6) is 0 Å². The van der Waals surface area contributed by atoms with Crippen LogP contribution in [-0.2, 0) is 9.53 Å². The molecule has 2 heterocycles. The molecule has 2 aliphatic rings. The summed E-state index contributed by atoms with van der Waals surface area (Å²) < 4.78 is 5.20. The van der Waals surface area contributed by atoms with E-state index < -0.39 is 12.1 Å². The third-order valence-electron chi connectivity index (χ3n) is 2.91. The van der Waals surface area contributed by atoms with Crippen molar-refractivity contribution in [2.24, 2.45) is 0 Å². The van der Waals surface area contributed by atoms with Crippen molar-refractivity contribution in [3.63, 3.8) is 0 Å². The highest BCUT2D eigenvalue weighted by Gasteiger charge is 2.34. The van der Waals surface area contributed by atoms with Gasteiger partial charge in [0.25, 0.3) is 0 Å². The monoisotopic (exact) mass is 185 g/mol. The number of carboxylic acid groups (broad SMARTS) is 1. The van der Waals surface area contributed by atoms with Crippen LogP contribution in [0.15, 0.2) is 0 Å². The van der Waals surface area contributed by atoms with Crippen molar-refractivity contribution >= 4 is 5.97 Å². The molecule has 4 nitrogen and oxygen atoms in total. The first-order valence-corrected chi connectivity index (χ1v) is 4.86. The summed E-state index contributed by atoms with van der Waals surface area (Å²) in [5, 5.41) is 8.73. The minimum Gasteiger partial charge on any atom is -0.479 e. The molecule has 13 heavy (non-hydrogen) atoms. The molecule has 0 aromatic carbocycles. The summed E-state index contributed by atoms with van der Waals surface area (Å²) in [6, 6.07) is 0.351. The van der Waals surface area contributed by atoms with Crippen molar-refractivity contribution in [1.29, 1.82) is 0 Å². The van der Waals surface area contributed by atoms with Crippen molar-refractivity contribution in [2.45, 2.75) is 31.4 Å². The van der Waals surface area contributed by atoms with Gasteiger partial charge < -0.3 is 9.84 Å². The van der Waals surface area contributed by atoms with Gasteiger partial charge in [-0.2, -0.15) is 0 Å². The van der Waals surface area contributed by atoms with Crippen LogP contribution in [0.4, 0.5) is 0 Å². The molecule has 4 heteroatoms. The number of hydrogen-bond donors (Lipinski definition) is 1. The van der Waals surface area contributed by atoms with Crippen molar-refractivity contribution in [3.05, 3.63) is 0 Å². The Labute approximate surface area is 77.5 Å². The Morgan fingerprint density at radius 1 is 1.38 bits per heavy atom. The van der Waals surface area contributed by atoms with Crippen LogP contribution >= 0.6 is 0 Å². The van der Waals surface area contributed by atoms with Gasteiger partial charge in [0.1, 0.15) is 0 Å². The molecule has 2 aliphatic heterocycles. The maximum absolute atomic E-state index is 10.6. The number of nitrogens with zero attached hydrogens (tertiary/aromatic N) is 1. The third-order valence-corrected chi connectivity index (χ3v) is 2.91. The van der Waals surface area contributed by atoms with Crippen LogP contribution in [0, 0.1) is 0 Å². The van der Waals surface area contributed by atoms with Crippen LogP contribution < -0.4 is 0 Å². The van der Waals surface area contributed by atoms with E-state index in [1.54, 1.807) is 0 Å². The third kappa shape index (κ3) is 1.84. The Bertz CT molecular complexity index is 201. The van der Waals surface area contributed by atoms with E-state index in [-0.39, 0.29) is 0 Å². The molecule has 0 amide bonds. The first kappa shape index (κ1) is 8.97. The molecule has 0 radical (unpaired) electrons. The smallest absolute Gasteiger partial charge is 0.332 e. The molecule has 2 fully saturated rings. The number of hydrogen-bond acceptors (Lipinski definition) is 3. The summed E-state index contributed by atoms with van der Waals surface area (Å²) in [4.78, 5) is 13.0. The van der Waals surface area contributed by atoms with Crippen LogP contribution in [0.25, 0.3) is 0 Å². The van der Waals surface area contributed by atoms with Crippen LogP contribution in [-0.4, -0.2) is 47.8 Å². The van der Waals surface area contributed by atoms with Gasteiger partial charge in [0.05, 0.1) is 6.61 Å². The van der Waals surface area contributed by atoms with Gasteiger partial charge in [-0.1, -0.05) is 0 Å². The molecule has 2 saturated heterocycles. The molecule has 74 valence electrons. The molecule has 0 aliphatic carbocycles. The zero-order valence-electron chi connectivity index (χ0n) is 7.61. The Balaban J connectivity index is 1.86. The number of aliphatic carboxylic acids is 1. The lowest BCUT2D eigenvalue weighted by Gasteiger charge is -2.20. The van der Waals surface area contributed by atoms with Crippen LogP contribution in [0.2, 0.25) is 0 Å². The fourth-order valence-electron chi connectivity index (χ4n) is 2.14. The van der Waals surface area contributed by atoms with Gasteiger partial charge in [0, 0.05) is 12.5 Å². The topological polar surface area (TPSA) is 49.8 Å². The van der Waals surface area contributed by atoms with Crippen molar-refractivity contribution in [1.82, 2.24) is 4.90 Å². The summed E-state index contributed by atoms with van der Waals surface area (Å²) in [6.07, 6.45) is 2.59. The maximum Gasteiger partial charge on any atom is 0.332 e. The second kappa shape index (κ2) is 3.64. The number of rotatable bonds is 2. The molecule has 2 atom stereocenters. The molecule has 1 N–H and O–H groups in total. The number of likely N-dealkylation sites (tertiary alicyclic amines) is 1. The van der Waals surface area contributed by atoms with Gasteiger partial charge in [-0.05, 0) is 25.9 Å². The predicted molar refractivity (Wildman–Crippen MR) is 46.6 cm³/mol. The highest BCUT2D eigenvalue weighted by Crippen LogP contribution is 2.22. The van der Waals surface area contributed by atoms with Crippen LogP contribution in [0.3, 0.4) is 0 Å². The van der Waals surface area contributed by atoms with Crippen molar-refractivity contribution < 1.29 is 14.6 Å². The Morgan fingerprint density at radius 2 is 2.08 bits per heavy atom. The molecule has 0 aromatic rings. The first-order chi connectivity index (χ1) is 6.27. The molecule has 2 rings (SSSR count). The zero-order valence-corrected chi connectivity index (χ0v) is 7.61. The molecule has 0 saturated carbocycles. The fraction of sp³-hybridized carbons (Fsp3) is 0.889. The van der Waals surface area contributed by atoms with Crippen molar-refractivity contribution in [3.8, 4) is 0 Å². The SMILES string of the molecule is O=C(O)C1CC(N2CCCC2)CO1. The minimum atomic E-state index is -0.818. The lowest BCUT2D eigenvalue weighted by Crippen LogP contribution is -2.33. The summed E-state index contributed by atoms with van der Waals surface area (Å²) in [5.41, 5.74) is 0. The van der Waals surface area contributed by atoms with E-state index in [1.165, 1.54) is 12.8 Å². The van der Waals surface area contributed by atoms with Gasteiger partial charge in [0.15, 0.2) is 6.10 Å². The molecule has 0 spiro atoms. The lowest BCUT2D eigenvalue weighted by atomic mass is 10.1. The summed E-state index contributed by atoms with van der Waals surface area (Å²) >= 11 is 0. The number of ether oxygens (including phenoxy) is 1. The van der Waals surface area contributed by atoms with E-state index in [1.807, 2.05) is 0 Å². The number of carboxylic acids is 1. The largest absolute Gasteiger partial charge is 0.479 e. The van der Waals surface area contributed by atoms with Crippen molar-refractivity contribution in [2.75, 3.05) is 19.7 Å². The van der Waals surface area contributed by atoms with E-state index in [0.29, 0.717) is 19.1 Å². The highest BCUT2D eigenvalue weighted by molar-refractivity contribution is 5.72. The van der Waals surface area contributed by atoms with E-state index in [4.69, 9.17) is 9.84 Å². The Morgan fingerprint density at radius 3 is 2.62 bits per heavy atom. The standard InChI is InChI=1S/C9H15NO3/c11-9(12)8-5-7(6-13-8)10-3-1-2-4-10/h7-8H,1-6H2,(H,11,12). The number of carbonyl (C=O) groups is 1. The second-order valence-electron chi connectivity index (χ2n) is 3.79. The molecule has 2 unspecified atom stereocenters. The first-order valence-electron chi connectivity index (χ1n) is 4.86. The average Bonchev–Trinajstić information content (AvgIpc) is 2.75. The lowest BCUT2D eigenvalue weighted by molar-refractivity contribution is -0.147. The minimum absolute atomic E-state index is 0.351. The van der Waals surface area contributed by atoms with Gasteiger partial charge >= 0.3 is 5.97 Å². The van der Waals surface area contributed by atoms with E-state index in [9.17, 15) is 4.79 Å². The predicted octanol–water partition coefficient (Wildman–Crippen LogP) is 0.324. The molecular weight excluding hydrogens is 170 g/mol. The quantitative estimate of drug-likeness (QED) is 0.673. The Kier molecular flexibility index (Phi) is 2.51. The zero-order chi connectivity index (χ0) is 9.26. The molecule has 0 bridgehead atoms. The summed E-state index contributed by atoms with van der Waals surface area (Å²) in [6.45, 7) is 2.82. The Hall–Kier alpha value is -0.610. The average molecular weight is 185 g/mol. The molecule has 0 aromatic heterocycles. The van der Waals surface area contributed by atoms with Gasteiger partial charge in [-0.25, -0.2) is 4.79 Å². The fourth-order valence-corrected chi connectivity index (χ4v) is 2.14. The van der Waals surface area contributed by atoms with Gasteiger partial charge in [-0.3, -0.25) is 4.90 Å². The summed E-state index contributed by atoms with van der Waals surface area (Å²) in [5.74, 6) is -0.818.